The minimum Gasteiger partial charge on any atom is -0.451 e. The molecule has 3 aromatic heterocycles. The lowest BCUT2D eigenvalue weighted by atomic mass is 10.2. The van der Waals surface area contributed by atoms with E-state index >= 15 is 0 Å². The molecule has 0 saturated heterocycles. The van der Waals surface area contributed by atoms with E-state index in [1.54, 1.807) is 6.07 Å². The fourth-order valence-electron chi connectivity index (χ4n) is 2.69. The zero-order valence-electron chi connectivity index (χ0n) is 13.0. The van der Waals surface area contributed by atoms with Crippen LogP contribution in [0.4, 0.5) is 0 Å². The quantitative estimate of drug-likeness (QED) is 0.574. The fourth-order valence-corrected chi connectivity index (χ4v) is 2.69. The Morgan fingerprint density at radius 2 is 2.00 bits per heavy atom. The molecule has 0 radical (unpaired) electrons. The van der Waals surface area contributed by atoms with Crippen LogP contribution in [-0.2, 0) is 6.42 Å². The van der Waals surface area contributed by atoms with Crippen LogP contribution in [0.5, 0.6) is 0 Å². The van der Waals surface area contributed by atoms with E-state index in [2.05, 4.69) is 15.5 Å². The lowest BCUT2D eigenvalue weighted by Gasteiger charge is -2.02. The van der Waals surface area contributed by atoms with Crippen molar-refractivity contribution in [2.75, 3.05) is 6.54 Å². The molecule has 1 aromatic carbocycles. The fraction of sp³-hybridized carbons (Fsp3) is 0.167. The molecule has 0 bridgehead atoms. The van der Waals surface area contributed by atoms with E-state index in [1.165, 1.54) is 0 Å². The minimum absolute atomic E-state index is 0.197. The topological polar surface area (TPSA) is 72.4 Å². The highest BCUT2D eigenvalue weighted by Crippen LogP contribution is 2.18. The van der Waals surface area contributed by atoms with Gasteiger partial charge in [-0.2, -0.15) is 0 Å². The monoisotopic (exact) mass is 320 g/mol. The molecule has 4 aromatic rings. The van der Waals surface area contributed by atoms with Crippen LogP contribution < -0.4 is 5.32 Å². The molecule has 4 rings (SSSR count). The summed E-state index contributed by atoms with van der Waals surface area (Å²) in [5.74, 6) is 1.03. The van der Waals surface area contributed by atoms with Crippen molar-refractivity contribution < 1.29 is 9.21 Å². The molecule has 6 nitrogen and oxygen atoms in total. The molecule has 0 fully saturated rings. The number of pyridine rings is 1. The zero-order chi connectivity index (χ0) is 16.4. The number of aryl methyl sites for hydroxylation is 1. The van der Waals surface area contributed by atoms with Crippen molar-refractivity contribution >= 4 is 22.5 Å². The number of hydrogen-bond donors (Lipinski definition) is 1. The van der Waals surface area contributed by atoms with Gasteiger partial charge in [0.25, 0.3) is 5.91 Å². The number of furan rings is 1. The summed E-state index contributed by atoms with van der Waals surface area (Å²) in [6.07, 6.45) is 3.46. The predicted octanol–water partition coefficient (Wildman–Crippen LogP) is 2.84. The van der Waals surface area contributed by atoms with Gasteiger partial charge in [0.2, 0.25) is 0 Å². The van der Waals surface area contributed by atoms with Crippen molar-refractivity contribution in [3.63, 3.8) is 0 Å². The van der Waals surface area contributed by atoms with E-state index in [9.17, 15) is 4.79 Å². The number of para-hydroxylation sites is 1. The van der Waals surface area contributed by atoms with Crippen LogP contribution in [-0.4, -0.2) is 27.0 Å². The molecule has 1 N–H and O–H groups in total. The summed E-state index contributed by atoms with van der Waals surface area (Å²) in [6, 6.07) is 15.1. The Morgan fingerprint density at radius 3 is 2.92 bits per heavy atom. The Kier molecular flexibility index (Phi) is 3.70. The van der Waals surface area contributed by atoms with E-state index in [0.29, 0.717) is 12.3 Å². The average Bonchev–Trinajstić information content (AvgIpc) is 3.23. The normalized spacial score (nSPS) is 11.2. The van der Waals surface area contributed by atoms with Crippen LogP contribution in [0.3, 0.4) is 0 Å². The van der Waals surface area contributed by atoms with Crippen LogP contribution >= 0.6 is 0 Å². The van der Waals surface area contributed by atoms with Crippen molar-refractivity contribution in [3.05, 3.63) is 66.3 Å². The number of fused-ring (bicyclic) bond motifs is 2. The third-order valence-corrected chi connectivity index (χ3v) is 3.90. The van der Waals surface area contributed by atoms with Crippen LogP contribution in [0.1, 0.15) is 22.8 Å². The first-order valence-corrected chi connectivity index (χ1v) is 7.87. The van der Waals surface area contributed by atoms with Gasteiger partial charge in [0, 0.05) is 24.5 Å². The van der Waals surface area contributed by atoms with E-state index < -0.39 is 0 Å². The van der Waals surface area contributed by atoms with Gasteiger partial charge in [0.05, 0.1) is 0 Å². The number of benzene rings is 1. The Labute approximate surface area is 138 Å². The third kappa shape index (κ3) is 2.74. The number of hydrogen-bond acceptors (Lipinski definition) is 4. The maximum Gasteiger partial charge on any atom is 0.287 e. The van der Waals surface area contributed by atoms with Crippen molar-refractivity contribution in [2.45, 2.75) is 12.8 Å². The number of nitrogens with one attached hydrogen (secondary N) is 1. The van der Waals surface area contributed by atoms with Gasteiger partial charge >= 0.3 is 0 Å². The SMILES string of the molecule is O=C(NCCCc1nnc2ccccn12)c1cc2ccccc2o1. The van der Waals surface area contributed by atoms with Crippen molar-refractivity contribution in [3.8, 4) is 0 Å². The van der Waals surface area contributed by atoms with Gasteiger partial charge < -0.3 is 9.73 Å². The standard InChI is InChI=1S/C18H16N4O2/c23-18(15-12-13-6-1-2-7-14(13)24-15)19-10-5-9-17-21-20-16-8-3-4-11-22(16)17/h1-4,6-8,11-12H,5,9-10H2,(H,19,23). The smallest absolute Gasteiger partial charge is 0.287 e. The van der Waals surface area contributed by atoms with E-state index in [-0.39, 0.29) is 5.91 Å². The molecule has 120 valence electrons. The number of nitrogens with zero attached hydrogens (tertiary/aromatic N) is 3. The molecule has 0 atom stereocenters. The highest BCUT2D eigenvalue weighted by molar-refractivity contribution is 5.96. The maximum absolute atomic E-state index is 12.1. The summed E-state index contributed by atoms with van der Waals surface area (Å²) in [5, 5.41) is 12.1. The molecule has 0 saturated carbocycles. The van der Waals surface area contributed by atoms with Crippen LogP contribution in [0.25, 0.3) is 16.6 Å². The lowest BCUT2D eigenvalue weighted by Crippen LogP contribution is -2.24. The Hall–Kier alpha value is -3.15. The molecule has 0 aliphatic carbocycles. The molecule has 24 heavy (non-hydrogen) atoms. The van der Waals surface area contributed by atoms with Gasteiger partial charge in [-0.05, 0) is 30.7 Å². The molecular formula is C18H16N4O2. The van der Waals surface area contributed by atoms with Gasteiger partial charge in [0.15, 0.2) is 11.4 Å². The number of carbonyl (C=O) groups excluding carboxylic acids is 1. The van der Waals surface area contributed by atoms with Gasteiger partial charge in [-0.1, -0.05) is 24.3 Å². The lowest BCUT2D eigenvalue weighted by molar-refractivity contribution is 0.0927. The molecular weight excluding hydrogens is 304 g/mol. The van der Waals surface area contributed by atoms with Crippen LogP contribution in [0, 0.1) is 0 Å². The Balaban J connectivity index is 1.34. The largest absolute Gasteiger partial charge is 0.451 e. The Bertz CT molecular complexity index is 969. The molecule has 3 heterocycles. The summed E-state index contributed by atoms with van der Waals surface area (Å²) >= 11 is 0. The highest BCUT2D eigenvalue weighted by atomic mass is 16.3. The second-order valence-corrected chi connectivity index (χ2v) is 5.55. The first-order valence-electron chi connectivity index (χ1n) is 7.87. The van der Waals surface area contributed by atoms with Crippen molar-refractivity contribution in [2.24, 2.45) is 0 Å². The van der Waals surface area contributed by atoms with E-state index in [0.717, 1.165) is 35.3 Å². The summed E-state index contributed by atoms with van der Waals surface area (Å²) in [6.45, 7) is 0.553. The molecule has 0 aliphatic rings. The maximum atomic E-state index is 12.1. The summed E-state index contributed by atoms with van der Waals surface area (Å²) < 4.78 is 7.51. The number of rotatable bonds is 5. The minimum atomic E-state index is -0.197. The first-order chi connectivity index (χ1) is 11.8. The number of carbonyl (C=O) groups is 1. The second kappa shape index (κ2) is 6.16. The molecule has 0 unspecified atom stereocenters. The molecule has 0 aliphatic heterocycles. The van der Waals surface area contributed by atoms with Gasteiger partial charge in [-0.15, -0.1) is 10.2 Å². The summed E-state index contributed by atoms with van der Waals surface area (Å²) in [5.41, 5.74) is 1.55. The Morgan fingerprint density at radius 1 is 1.12 bits per heavy atom. The highest BCUT2D eigenvalue weighted by Gasteiger charge is 2.11. The summed E-state index contributed by atoms with van der Waals surface area (Å²) in [4.78, 5) is 12.1. The molecule has 1 amide bonds. The first kappa shape index (κ1) is 14.4. The predicted molar refractivity (Wildman–Crippen MR) is 89.9 cm³/mol. The van der Waals surface area contributed by atoms with Crippen molar-refractivity contribution in [1.82, 2.24) is 19.9 Å². The average molecular weight is 320 g/mol. The molecule has 0 spiro atoms. The van der Waals surface area contributed by atoms with Crippen LogP contribution in [0.2, 0.25) is 0 Å². The van der Waals surface area contributed by atoms with E-state index in [4.69, 9.17) is 4.42 Å². The third-order valence-electron chi connectivity index (χ3n) is 3.90. The van der Waals surface area contributed by atoms with Crippen LogP contribution in [0.15, 0.2) is 59.1 Å². The van der Waals surface area contributed by atoms with Gasteiger partial charge in [-0.25, -0.2) is 0 Å². The molecule has 6 heteroatoms. The number of aromatic nitrogens is 3. The second-order valence-electron chi connectivity index (χ2n) is 5.55. The zero-order valence-corrected chi connectivity index (χ0v) is 13.0. The van der Waals surface area contributed by atoms with Gasteiger partial charge in [0.1, 0.15) is 11.4 Å². The van der Waals surface area contributed by atoms with Crippen molar-refractivity contribution in [1.29, 1.82) is 0 Å². The van der Waals surface area contributed by atoms with E-state index in [1.807, 2.05) is 53.1 Å². The van der Waals surface area contributed by atoms with Gasteiger partial charge in [-0.3, -0.25) is 9.20 Å². The number of amides is 1. The summed E-state index contributed by atoms with van der Waals surface area (Å²) in [7, 11) is 0.